The number of carboxylic acid groups (broad SMARTS) is 2. The lowest BCUT2D eigenvalue weighted by Gasteiger charge is -2.06. The van der Waals surface area contributed by atoms with E-state index in [4.69, 9.17) is 27.1 Å². The number of nitrogens with two attached hydrogens (primary N) is 2. The van der Waals surface area contributed by atoms with E-state index in [0.717, 1.165) is 5.56 Å². The zero-order valence-corrected chi connectivity index (χ0v) is 12.9. The Kier molecular flexibility index (Phi) is 10.6. The van der Waals surface area contributed by atoms with Crippen molar-refractivity contribution < 1.29 is 19.8 Å². The first kappa shape index (κ1) is 20.4. The van der Waals surface area contributed by atoms with Crippen LogP contribution < -0.4 is 16.8 Å². The molecule has 0 aliphatic carbocycles. The van der Waals surface area contributed by atoms with Gasteiger partial charge in [-0.3, -0.25) is 15.0 Å². The zero-order chi connectivity index (χ0) is 17.7. The largest absolute Gasteiger partial charge is 0.481 e. The van der Waals surface area contributed by atoms with E-state index in [9.17, 15) is 9.59 Å². The van der Waals surface area contributed by atoms with Crippen LogP contribution in [0.3, 0.4) is 0 Å². The summed E-state index contributed by atoms with van der Waals surface area (Å²) in [4.78, 5) is 20.4. The second kappa shape index (κ2) is 12.0. The molecule has 1 aromatic carbocycles. The van der Waals surface area contributed by atoms with Gasteiger partial charge in [0.2, 0.25) is 0 Å². The van der Waals surface area contributed by atoms with Gasteiger partial charge < -0.3 is 27.0 Å². The van der Waals surface area contributed by atoms with Crippen LogP contribution in [0.25, 0.3) is 0 Å². The summed E-state index contributed by atoms with van der Waals surface area (Å²) >= 11 is 0. The Bertz CT molecular complexity index is 494. The summed E-state index contributed by atoms with van der Waals surface area (Å²) in [6.45, 7) is 0.482. The third-order valence-electron chi connectivity index (χ3n) is 2.79. The summed E-state index contributed by atoms with van der Waals surface area (Å²) in [5.41, 5.74) is 11.3. The van der Waals surface area contributed by atoms with E-state index in [1.807, 2.05) is 30.3 Å². The van der Waals surface area contributed by atoms with Crippen molar-refractivity contribution in [3.63, 3.8) is 0 Å². The van der Waals surface area contributed by atoms with Gasteiger partial charge in [-0.25, -0.2) is 0 Å². The second-order valence-electron chi connectivity index (χ2n) is 4.81. The van der Waals surface area contributed by atoms with Crippen LogP contribution >= 0.6 is 0 Å². The highest BCUT2D eigenvalue weighted by Gasteiger charge is 2.09. The lowest BCUT2D eigenvalue weighted by atomic mass is 10.1. The number of aliphatic carboxylic acids is 2. The van der Waals surface area contributed by atoms with Crippen molar-refractivity contribution in [2.75, 3.05) is 6.54 Å². The fourth-order valence-corrected chi connectivity index (χ4v) is 1.56. The molecule has 128 valence electrons. The Morgan fingerprint density at radius 3 is 2.30 bits per heavy atom. The van der Waals surface area contributed by atoms with Crippen molar-refractivity contribution in [3.05, 3.63) is 35.9 Å². The first-order valence-electron chi connectivity index (χ1n) is 7.15. The lowest BCUT2D eigenvalue weighted by Crippen LogP contribution is -2.34. The Hall–Kier alpha value is -2.61. The number of carboxylic acids is 2. The maximum Gasteiger partial charge on any atom is 0.320 e. The van der Waals surface area contributed by atoms with Gasteiger partial charge in [0.25, 0.3) is 0 Å². The number of nitrogens with one attached hydrogen (secondary N) is 2. The number of guanidine groups is 1. The summed E-state index contributed by atoms with van der Waals surface area (Å²) in [5, 5.41) is 26.1. The Morgan fingerprint density at radius 1 is 1.22 bits per heavy atom. The maximum absolute atomic E-state index is 10.2. The molecule has 0 aliphatic heterocycles. The van der Waals surface area contributed by atoms with Crippen LogP contribution in [0.1, 0.15) is 24.8 Å². The quantitative estimate of drug-likeness (QED) is 0.228. The van der Waals surface area contributed by atoms with Gasteiger partial charge in [0.15, 0.2) is 5.96 Å². The van der Waals surface area contributed by atoms with Crippen LogP contribution in [0.5, 0.6) is 0 Å². The fourth-order valence-electron chi connectivity index (χ4n) is 1.56. The summed E-state index contributed by atoms with van der Waals surface area (Å²) < 4.78 is 0. The highest BCUT2D eigenvalue weighted by molar-refractivity contribution is 5.74. The van der Waals surface area contributed by atoms with Crippen LogP contribution in [0.4, 0.5) is 0 Å². The second-order valence-corrected chi connectivity index (χ2v) is 4.81. The molecular weight excluding hydrogens is 300 g/mol. The molecule has 1 aromatic rings. The number of benzene rings is 1. The molecule has 1 rings (SSSR count). The number of aryl methyl sites for hydroxylation is 1. The third kappa shape index (κ3) is 12.8. The summed E-state index contributed by atoms with van der Waals surface area (Å²) in [5.74, 6) is -1.86. The molecule has 0 saturated heterocycles. The predicted molar refractivity (Wildman–Crippen MR) is 87.2 cm³/mol. The molecular formula is C15H24N4O4. The molecule has 23 heavy (non-hydrogen) atoms. The maximum atomic E-state index is 10.2. The molecule has 0 amide bonds. The normalized spacial score (nSPS) is 10.8. The average molecular weight is 324 g/mol. The summed E-state index contributed by atoms with van der Waals surface area (Å²) in [6, 6.07) is 8.79. The van der Waals surface area contributed by atoms with Crippen molar-refractivity contribution in [2.24, 2.45) is 11.5 Å². The molecule has 8 heteroatoms. The molecule has 1 atom stereocenters. The van der Waals surface area contributed by atoms with E-state index in [1.54, 1.807) is 0 Å². The number of carbonyl (C=O) groups is 2. The van der Waals surface area contributed by atoms with Crippen LogP contribution in [-0.4, -0.2) is 40.7 Å². The zero-order valence-electron chi connectivity index (χ0n) is 12.9. The van der Waals surface area contributed by atoms with Crippen molar-refractivity contribution in [3.8, 4) is 0 Å². The molecule has 0 unspecified atom stereocenters. The minimum atomic E-state index is -1.00. The lowest BCUT2D eigenvalue weighted by molar-refractivity contribution is -0.139. The molecule has 8 nitrogen and oxygen atoms in total. The van der Waals surface area contributed by atoms with Gasteiger partial charge in [0.05, 0.1) is 0 Å². The fraction of sp³-hybridized carbons (Fsp3) is 0.400. The standard InChI is InChI=1S/C9H10O2.C6H14N4O2/c10-9(11)7-6-8-4-2-1-3-5-8;7-4(5(11)12)2-1-3-10-6(8)9/h1-5H,6-7H2,(H,10,11);4H,1-3,7H2,(H,11,12)(H4,8,9,10)/t;4-/m.0/s1. The minimum Gasteiger partial charge on any atom is -0.481 e. The van der Waals surface area contributed by atoms with Crippen molar-refractivity contribution in [1.29, 1.82) is 5.41 Å². The predicted octanol–water partition coefficient (Wildman–Crippen LogP) is 0.365. The van der Waals surface area contributed by atoms with Crippen LogP contribution in [0.15, 0.2) is 30.3 Å². The van der Waals surface area contributed by atoms with Crippen molar-refractivity contribution in [1.82, 2.24) is 5.32 Å². The van der Waals surface area contributed by atoms with Gasteiger partial charge in [0, 0.05) is 13.0 Å². The number of hydrogen-bond acceptors (Lipinski definition) is 4. The van der Waals surface area contributed by atoms with Gasteiger partial charge >= 0.3 is 11.9 Å². The first-order chi connectivity index (χ1) is 10.8. The van der Waals surface area contributed by atoms with E-state index >= 15 is 0 Å². The van der Waals surface area contributed by atoms with Crippen molar-refractivity contribution >= 4 is 17.9 Å². The number of rotatable bonds is 8. The van der Waals surface area contributed by atoms with E-state index in [-0.39, 0.29) is 12.4 Å². The van der Waals surface area contributed by atoms with Crippen LogP contribution in [0, 0.1) is 5.41 Å². The summed E-state index contributed by atoms with van der Waals surface area (Å²) in [6.07, 6.45) is 1.81. The average Bonchev–Trinajstić information content (AvgIpc) is 2.50. The minimum absolute atomic E-state index is 0.112. The molecule has 0 spiro atoms. The summed E-state index contributed by atoms with van der Waals surface area (Å²) in [7, 11) is 0. The van der Waals surface area contributed by atoms with E-state index in [2.05, 4.69) is 5.32 Å². The third-order valence-corrected chi connectivity index (χ3v) is 2.79. The Balaban J connectivity index is 0.000000422. The SMILES string of the molecule is N=C(N)NCCC[C@H](N)C(=O)O.O=C(O)CCc1ccccc1. The number of hydrogen-bond donors (Lipinski definition) is 6. The van der Waals surface area contributed by atoms with Gasteiger partial charge in [-0.2, -0.15) is 0 Å². The molecule has 0 fully saturated rings. The van der Waals surface area contributed by atoms with E-state index in [1.165, 1.54) is 0 Å². The van der Waals surface area contributed by atoms with E-state index in [0.29, 0.717) is 25.8 Å². The Labute approximate surface area is 135 Å². The molecule has 0 heterocycles. The molecule has 0 aromatic heterocycles. The molecule has 8 N–H and O–H groups in total. The topological polar surface area (TPSA) is 163 Å². The smallest absolute Gasteiger partial charge is 0.320 e. The van der Waals surface area contributed by atoms with Crippen LogP contribution in [-0.2, 0) is 16.0 Å². The van der Waals surface area contributed by atoms with Crippen molar-refractivity contribution in [2.45, 2.75) is 31.7 Å². The van der Waals surface area contributed by atoms with Gasteiger partial charge in [-0.1, -0.05) is 30.3 Å². The monoisotopic (exact) mass is 324 g/mol. The van der Waals surface area contributed by atoms with Crippen LogP contribution in [0.2, 0.25) is 0 Å². The highest BCUT2D eigenvalue weighted by atomic mass is 16.4. The van der Waals surface area contributed by atoms with E-state index < -0.39 is 18.0 Å². The highest BCUT2D eigenvalue weighted by Crippen LogP contribution is 2.01. The molecule has 0 saturated carbocycles. The molecule has 0 bridgehead atoms. The first-order valence-corrected chi connectivity index (χ1v) is 7.15. The van der Waals surface area contributed by atoms with Gasteiger partial charge in [-0.05, 0) is 24.8 Å². The molecule has 0 radical (unpaired) electrons. The van der Waals surface area contributed by atoms with Gasteiger partial charge in [0.1, 0.15) is 6.04 Å². The Morgan fingerprint density at radius 2 is 1.83 bits per heavy atom. The van der Waals surface area contributed by atoms with Gasteiger partial charge in [-0.15, -0.1) is 0 Å². The molecule has 0 aliphatic rings.